The van der Waals surface area contributed by atoms with Gasteiger partial charge in [-0.25, -0.2) is 4.39 Å². The van der Waals surface area contributed by atoms with Crippen LogP contribution in [-0.2, 0) is 6.42 Å². The molecule has 0 bridgehead atoms. The second kappa shape index (κ2) is 5.02. The molecule has 0 saturated carbocycles. The number of hydrogen-bond donors (Lipinski definition) is 0. The summed E-state index contributed by atoms with van der Waals surface area (Å²) in [4.78, 5) is 11.8. The van der Waals surface area contributed by atoms with E-state index in [2.05, 4.69) is 15.9 Å². The number of furan rings is 1. The summed E-state index contributed by atoms with van der Waals surface area (Å²) < 4.78 is 18.4. The van der Waals surface area contributed by atoms with E-state index in [9.17, 15) is 9.18 Å². The Morgan fingerprint density at radius 3 is 2.71 bits per heavy atom. The number of rotatable bonds is 3. The average Bonchev–Trinajstić information content (AvgIpc) is 2.69. The zero-order valence-electron chi connectivity index (χ0n) is 8.54. The zero-order valence-corrected chi connectivity index (χ0v) is 10.9. The maximum absolute atomic E-state index is 12.9. The highest BCUT2D eigenvalue weighted by atomic mass is 79.9. The number of halogens is 3. The summed E-state index contributed by atoms with van der Waals surface area (Å²) in [5.41, 5.74) is 0.698. The van der Waals surface area contributed by atoms with Crippen molar-refractivity contribution in [1.82, 2.24) is 0 Å². The predicted molar refractivity (Wildman–Crippen MR) is 65.9 cm³/mol. The third-order valence-corrected chi connectivity index (χ3v) is 3.16. The molecule has 0 unspecified atom stereocenters. The number of ketones is 1. The molecule has 0 radical (unpaired) electrons. The molecule has 0 fully saturated rings. The molecule has 2 rings (SSSR count). The average molecular weight is 318 g/mol. The largest absolute Gasteiger partial charge is 0.442 e. The lowest BCUT2D eigenvalue weighted by Gasteiger charge is -2.02. The number of carbonyl (C=O) groups excluding carboxylic acids is 1. The smallest absolute Gasteiger partial charge is 0.202 e. The standard InChI is InChI=1S/C12H7BrClFO2/c13-9-6-8(15)2-1-7(9)5-10(16)11-3-4-12(14)17-11/h1-4,6H,5H2. The van der Waals surface area contributed by atoms with Crippen molar-refractivity contribution < 1.29 is 13.6 Å². The lowest BCUT2D eigenvalue weighted by Crippen LogP contribution is -2.02. The zero-order chi connectivity index (χ0) is 12.4. The molecule has 0 saturated heterocycles. The van der Waals surface area contributed by atoms with Gasteiger partial charge in [-0.3, -0.25) is 4.79 Å². The van der Waals surface area contributed by atoms with Gasteiger partial charge in [-0.15, -0.1) is 0 Å². The molecule has 0 aliphatic heterocycles. The topological polar surface area (TPSA) is 30.2 Å². The van der Waals surface area contributed by atoms with Crippen LogP contribution in [0.1, 0.15) is 16.1 Å². The summed E-state index contributed by atoms with van der Waals surface area (Å²) in [5.74, 6) is -0.357. The number of benzene rings is 1. The van der Waals surface area contributed by atoms with Crippen LogP contribution in [0, 0.1) is 5.82 Å². The van der Waals surface area contributed by atoms with Crippen molar-refractivity contribution in [1.29, 1.82) is 0 Å². The first-order chi connectivity index (χ1) is 8.06. The van der Waals surface area contributed by atoms with Crippen molar-refractivity contribution in [3.63, 3.8) is 0 Å². The molecule has 0 spiro atoms. The van der Waals surface area contributed by atoms with E-state index in [0.29, 0.717) is 10.0 Å². The van der Waals surface area contributed by atoms with Crippen LogP contribution in [0.4, 0.5) is 4.39 Å². The highest BCUT2D eigenvalue weighted by molar-refractivity contribution is 9.10. The third-order valence-electron chi connectivity index (χ3n) is 2.21. The Morgan fingerprint density at radius 2 is 2.12 bits per heavy atom. The molecule has 88 valence electrons. The van der Waals surface area contributed by atoms with Crippen LogP contribution in [0.2, 0.25) is 5.22 Å². The van der Waals surface area contributed by atoms with Crippen molar-refractivity contribution in [3.8, 4) is 0 Å². The van der Waals surface area contributed by atoms with E-state index in [1.807, 2.05) is 0 Å². The fraction of sp³-hybridized carbons (Fsp3) is 0.0833. The Bertz CT molecular complexity index is 565. The molecule has 0 aliphatic carbocycles. The molecular weight excluding hydrogens is 310 g/mol. The van der Waals surface area contributed by atoms with E-state index in [1.165, 1.54) is 24.3 Å². The maximum atomic E-state index is 12.9. The molecule has 17 heavy (non-hydrogen) atoms. The van der Waals surface area contributed by atoms with Gasteiger partial charge in [-0.1, -0.05) is 22.0 Å². The number of hydrogen-bond acceptors (Lipinski definition) is 2. The normalized spacial score (nSPS) is 10.5. The van der Waals surface area contributed by atoms with Crippen LogP contribution in [-0.4, -0.2) is 5.78 Å². The van der Waals surface area contributed by atoms with Gasteiger partial charge < -0.3 is 4.42 Å². The van der Waals surface area contributed by atoms with Crippen LogP contribution >= 0.6 is 27.5 Å². The highest BCUT2D eigenvalue weighted by Gasteiger charge is 2.13. The fourth-order valence-corrected chi connectivity index (χ4v) is 2.03. The lowest BCUT2D eigenvalue weighted by atomic mass is 10.1. The van der Waals surface area contributed by atoms with Gasteiger partial charge in [0.1, 0.15) is 5.82 Å². The van der Waals surface area contributed by atoms with Gasteiger partial charge in [-0.05, 0) is 41.4 Å². The first-order valence-electron chi connectivity index (χ1n) is 4.79. The quantitative estimate of drug-likeness (QED) is 0.792. The van der Waals surface area contributed by atoms with E-state index < -0.39 is 0 Å². The molecule has 5 heteroatoms. The van der Waals surface area contributed by atoms with Gasteiger partial charge in [-0.2, -0.15) is 0 Å². The molecule has 0 N–H and O–H groups in total. The Kier molecular flexibility index (Phi) is 3.64. The van der Waals surface area contributed by atoms with Crippen LogP contribution < -0.4 is 0 Å². The summed E-state index contributed by atoms with van der Waals surface area (Å²) in [6, 6.07) is 7.21. The van der Waals surface area contributed by atoms with Crippen molar-refractivity contribution >= 4 is 33.3 Å². The highest BCUT2D eigenvalue weighted by Crippen LogP contribution is 2.21. The van der Waals surface area contributed by atoms with Gasteiger partial charge in [0.05, 0.1) is 0 Å². The van der Waals surface area contributed by atoms with Gasteiger partial charge in [0.2, 0.25) is 5.78 Å². The molecule has 1 aromatic heterocycles. The van der Waals surface area contributed by atoms with E-state index in [1.54, 1.807) is 6.07 Å². The van der Waals surface area contributed by atoms with Crippen molar-refractivity contribution in [3.05, 3.63) is 57.2 Å². The Hall–Kier alpha value is -1.13. The van der Waals surface area contributed by atoms with Crippen LogP contribution in [0.5, 0.6) is 0 Å². The van der Waals surface area contributed by atoms with Crippen molar-refractivity contribution in [2.75, 3.05) is 0 Å². The Balaban J connectivity index is 2.18. The van der Waals surface area contributed by atoms with E-state index >= 15 is 0 Å². The first kappa shape index (κ1) is 12.3. The maximum Gasteiger partial charge on any atom is 0.202 e. The van der Waals surface area contributed by atoms with E-state index in [-0.39, 0.29) is 29.0 Å². The van der Waals surface area contributed by atoms with Gasteiger partial charge in [0, 0.05) is 10.9 Å². The molecule has 0 aliphatic rings. The number of carbonyl (C=O) groups is 1. The van der Waals surface area contributed by atoms with Crippen LogP contribution in [0.3, 0.4) is 0 Å². The predicted octanol–water partition coefficient (Wildman–Crippen LogP) is 4.26. The minimum absolute atomic E-state index is 0.130. The van der Waals surface area contributed by atoms with Crippen molar-refractivity contribution in [2.45, 2.75) is 6.42 Å². The lowest BCUT2D eigenvalue weighted by molar-refractivity contribution is 0.0966. The summed E-state index contributed by atoms with van der Waals surface area (Å²) >= 11 is 8.79. The fourth-order valence-electron chi connectivity index (χ4n) is 1.39. The second-order valence-electron chi connectivity index (χ2n) is 3.44. The molecule has 1 aromatic carbocycles. The minimum Gasteiger partial charge on any atom is -0.442 e. The summed E-state index contributed by atoms with van der Waals surface area (Å²) in [6.07, 6.45) is 0.130. The van der Waals surface area contributed by atoms with Gasteiger partial charge >= 0.3 is 0 Å². The molecule has 0 atom stereocenters. The Morgan fingerprint density at radius 1 is 1.35 bits per heavy atom. The van der Waals surface area contributed by atoms with Crippen LogP contribution in [0.15, 0.2) is 39.2 Å². The molecule has 2 nitrogen and oxygen atoms in total. The monoisotopic (exact) mass is 316 g/mol. The third kappa shape index (κ3) is 2.96. The first-order valence-corrected chi connectivity index (χ1v) is 5.96. The van der Waals surface area contributed by atoms with Crippen molar-refractivity contribution in [2.24, 2.45) is 0 Å². The Labute approximate surface area is 111 Å². The molecule has 1 heterocycles. The summed E-state index contributed by atoms with van der Waals surface area (Å²) in [7, 11) is 0. The van der Waals surface area contributed by atoms with E-state index in [0.717, 1.165) is 0 Å². The van der Waals surface area contributed by atoms with E-state index in [4.69, 9.17) is 16.0 Å². The molecule has 2 aromatic rings. The SMILES string of the molecule is O=C(Cc1ccc(F)cc1Br)c1ccc(Cl)o1. The van der Waals surface area contributed by atoms with Crippen LogP contribution in [0.25, 0.3) is 0 Å². The number of Topliss-reactive ketones (excluding diaryl/α,β-unsaturated/α-hetero) is 1. The van der Waals surface area contributed by atoms with Gasteiger partial charge in [0.25, 0.3) is 0 Å². The van der Waals surface area contributed by atoms with Gasteiger partial charge in [0.15, 0.2) is 11.0 Å². The summed E-state index contributed by atoms with van der Waals surface area (Å²) in [6.45, 7) is 0. The second-order valence-corrected chi connectivity index (χ2v) is 4.67. The summed E-state index contributed by atoms with van der Waals surface area (Å²) in [5, 5.41) is 0.173. The minimum atomic E-state index is -0.353. The molecule has 0 amide bonds. The molecular formula is C12H7BrClFO2.